The fraction of sp³-hybridized carbons (Fsp3) is 0.294. The first-order valence-corrected chi connectivity index (χ1v) is 7.92. The van der Waals surface area contributed by atoms with Gasteiger partial charge in [0.1, 0.15) is 0 Å². The van der Waals surface area contributed by atoms with Crippen LogP contribution in [0.1, 0.15) is 34.6 Å². The molecule has 0 unspecified atom stereocenters. The summed E-state index contributed by atoms with van der Waals surface area (Å²) in [6, 6.07) is 14.3. The van der Waals surface area contributed by atoms with Gasteiger partial charge in [-0.2, -0.15) is 5.10 Å². The molecule has 21 heavy (non-hydrogen) atoms. The van der Waals surface area contributed by atoms with E-state index in [0.29, 0.717) is 5.92 Å². The number of amides is 1. The van der Waals surface area contributed by atoms with Crippen molar-refractivity contribution in [1.82, 2.24) is 5.43 Å². The quantitative estimate of drug-likeness (QED) is 0.678. The molecule has 1 aromatic heterocycles. The average Bonchev–Trinajstić information content (AvgIpc) is 3.20. The third-order valence-corrected chi connectivity index (χ3v) is 4.90. The van der Waals surface area contributed by atoms with Crippen molar-refractivity contribution in [2.24, 2.45) is 11.0 Å². The number of thiophene rings is 1. The van der Waals surface area contributed by atoms with E-state index >= 15 is 0 Å². The minimum absolute atomic E-state index is 0.0245. The average molecular weight is 298 g/mol. The Balaban J connectivity index is 1.58. The minimum atomic E-state index is 0.0245. The summed E-state index contributed by atoms with van der Waals surface area (Å²) < 4.78 is 0. The second kappa shape index (κ2) is 5.82. The van der Waals surface area contributed by atoms with Gasteiger partial charge in [0.15, 0.2) is 0 Å². The van der Waals surface area contributed by atoms with Crippen LogP contribution in [-0.4, -0.2) is 11.6 Å². The lowest BCUT2D eigenvalue weighted by atomic mass is 10.1. The van der Waals surface area contributed by atoms with Gasteiger partial charge in [0.25, 0.3) is 0 Å². The van der Waals surface area contributed by atoms with Gasteiger partial charge in [0.2, 0.25) is 5.91 Å². The van der Waals surface area contributed by atoms with Crippen molar-refractivity contribution >= 4 is 23.0 Å². The Labute approximate surface area is 128 Å². The summed E-state index contributed by atoms with van der Waals surface area (Å²) in [5.41, 5.74) is 4.81. The van der Waals surface area contributed by atoms with Gasteiger partial charge in [0, 0.05) is 10.8 Å². The van der Waals surface area contributed by atoms with E-state index in [9.17, 15) is 4.79 Å². The van der Waals surface area contributed by atoms with Crippen molar-refractivity contribution in [3.05, 3.63) is 57.8 Å². The zero-order chi connectivity index (χ0) is 14.8. The van der Waals surface area contributed by atoms with Crippen molar-refractivity contribution in [3.63, 3.8) is 0 Å². The van der Waals surface area contributed by atoms with E-state index in [-0.39, 0.29) is 11.8 Å². The van der Waals surface area contributed by atoms with Crippen LogP contribution in [0, 0.1) is 12.8 Å². The monoisotopic (exact) mass is 298 g/mol. The van der Waals surface area contributed by atoms with Crippen LogP contribution in [0.5, 0.6) is 0 Å². The molecule has 0 saturated heterocycles. The van der Waals surface area contributed by atoms with E-state index in [1.54, 1.807) is 11.3 Å². The van der Waals surface area contributed by atoms with Gasteiger partial charge in [-0.3, -0.25) is 4.79 Å². The smallest absolute Gasteiger partial charge is 0.243 e. The molecule has 108 valence electrons. The molecule has 1 amide bonds. The lowest BCUT2D eigenvalue weighted by molar-refractivity contribution is -0.122. The van der Waals surface area contributed by atoms with Gasteiger partial charge in [-0.25, -0.2) is 5.43 Å². The molecule has 0 aliphatic heterocycles. The zero-order valence-corrected chi connectivity index (χ0v) is 13.0. The molecule has 1 fully saturated rings. The summed E-state index contributed by atoms with van der Waals surface area (Å²) in [5, 5.41) is 4.22. The lowest BCUT2D eigenvalue weighted by Gasteiger charge is -2.01. The molecule has 4 heteroatoms. The summed E-state index contributed by atoms with van der Waals surface area (Å²) in [6.45, 7) is 3.99. The summed E-state index contributed by atoms with van der Waals surface area (Å²) in [4.78, 5) is 14.5. The molecule has 1 heterocycles. The van der Waals surface area contributed by atoms with Crippen LogP contribution in [0.3, 0.4) is 0 Å². The molecule has 1 N–H and O–H groups in total. The van der Waals surface area contributed by atoms with Gasteiger partial charge in [-0.15, -0.1) is 11.3 Å². The number of nitrogens with one attached hydrogen (secondary N) is 1. The molecule has 0 bridgehead atoms. The summed E-state index contributed by atoms with van der Waals surface area (Å²) in [6.07, 6.45) is 0.919. The molecule has 2 atom stereocenters. The first-order chi connectivity index (χ1) is 10.1. The van der Waals surface area contributed by atoms with Crippen molar-refractivity contribution in [3.8, 4) is 0 Å². The summed E-state index contributed by atoms with van der Waals surface area (Å²) in [7, 11) is 0. The Bertz CT molecular complexity index is 675. The predicted octanol–water partition coefficient (Wildman–Crippen LogP) is 3.70. The van der Waals surface area contributed by atoms with Gasteiger partial charge < -0.3 is 0 Å². The highest BCUT2D eigenvalue weighted by Gasteiger charge is 2.43. The second-order valence-electron chi connectivity index (χ2n) is 5.44. The topological polar surface area (TPSA) is 41.5 Å². The van der Waals surface area contributed by atoms with E-state index in [1.165, 1.54) is 10.4 Å². The third-order valence-electron chi connectivity index (χ3n) is 3.79. The maximum Gasteiger partial charge on any atom is 0.243 e. The van der Waals surface area contributed by atoms with E-state index in [1.807, 2.05) is 31.2 Å². The number of rotatable bonds is 4. The summed E-state index contributed by atoms with van der Waals surface area (Å²) in [5.74, 6) is 0.441. The highest BCUT2D eigenvalue weighted by molar-refractivity contribution is 7.14. The van der Waals surface area contributed by atoms with Crippen LogP contribution in [-0.2, 0) is 4.79 Å². The first-order valence-electron chi connectivity index (χ1n) is 7.11. The Hall–Kier alpha value is -1.94. The molecule has 3 nitrogen and oxygen atoms in total. The number of benzene rings is 1. The number of carbonyl (C=O) groups is 1. The SMILES string of the molecule is C/C(=N/NC(=O)[C@@H]1C[C@H]1c1ccccc1)c1ccc(C)s1. The molecule has 1 aliphatic rings. The number of hydrogen-bond acceptors (Lipinski definition) is 3. The van der Waals surface area contributed by atoms with Crippen LogP contribution in [0.4, 0.5) is 0 Å². The third kappa shape index (κ3) is 3.22. The molecule has 1 aromatic carbocycles. The zero-order valence-electron chi connectivity index (χ0n) is 12.2. The number of nitrogens with zero attached hydrogens (tertiary/aromatic N) is 1. The van der Waals surface area contributed by atoms with E-state index < -0.39 is 0 Å². The molecule has 3 rings (SSSR count). The molecule has 1 aliphatic carbocycles. The first kappa shape index (κ1) is 14.0. The normalized spacial score (nSPS) is 21.1. The van der Waals surface area contributed by atoms with Crippen LogP contribution in [0.25, 0.3) is 0 Å². The number of aryl methyl sites for hydroxylation is 1. The highest BCUT2D eigenvalue weighted by atomic mass is 32.1. The molecular formula is C17H18N2OS. The maximum atomic E-state index is 12.1. The van der Waals surface area contributed by atoms with Gasteiger partial charge in [-0.1, -0.05) is 30.3 Å². The molecule has 2 aromatic rings. The second-order valence-corrected chi connectivity index (χ2v) is 6.73. The van der Waals surface area contributed by atoms with Crippen molar-refractivity contribution < 1.29 is 4.79 Å². The minimum Gasteiger partial charge on any atom is -0.273 e. The van der Waals surface area contributed by atoms with Crippen molar-refractivity contribution in [1.29, 1.82) is 0 Å². The van der Waals surface area contributed by atoms with Crippen molar-refractivity contribution in [2.45, 2.75) is 26.2 Å². The lowest BCUT2D eigenvalue weighted by Crippen LogP contribution is -2.21. The van der Waals surface area contributed by atoms with E-state index in [2.05, 4.69) is 35.7 Å². The fourth-order valence-corrected chi connectivity index (χ4v) is 3.27. The van der Waals surface area contributed by atoms with Crippen LogP contribution in [0.15, 0.2) is 47.6 Å². The highest BCUT2D eigenvalue weighted by Crippen LogP contribution is 2.47. The van der Waals surface area contributed by atoms with Crippen LogP contribution >= 0.6 is 11.3 Å². The number of hydrazone groups is 1. The molecule has 1 saturated carbocycles. The van der Waals surface area contributed by atoms with E-state index in [0.717, 1.165) is 17.0 Å². The van der Waals surface area contributed by atoms with Crippen LogP contribution < -0.4 is 5.43 Å². The van der Waals surface area contributed by atoms with Crippen molar-refractivity contribution in [2.75, 3.05) is 0 Å². The van der Waals surface area contributed by atoms with Gasteiger partial charge in [0.05, 0.1) is 10.6 Å². The van der Waals surface area contributed by atoms with Gasteiger partial charge >= 0.3 is 0 Å². The Morgan fingerprint density at radius 3 is 2.67 bits per heavy atom. The standard InChI is InChI=1S/C17H18N2OS/c1-11-8-9-16(21-11)12(2)18-19-17(20)15-10-14(15)13-6-4-3-5-7-13/h3-9,14-15H,10H2,1-2H3,(H,19,20)/b18-12-/t14-,15+/m0/s1. The Kier molecular flexibility index (Phi) is 3.88. The summed E-state index contributed by atoms with van der Waals surface area (Å²) >= 11 is 1.69. The van der Waals surface area contributed by atoms with Gasteiger partial charge in [-0.05, 0) is 43.9 Å². The number of hydrogen-bond donors (Lipinski definition) is 1. The van der Waals surface area contributed by atoms with Crippen LogP contribution in [0.2, 0.25) is 0 Å². The molecule has 0 radical (unpaired) electrons. The number of carbonyl (C=O) groups excluding carboxylic acids is 1. The largest absolute Gasteiger partial charge is 0.273 e. The predicted molar refractivity (Wildman–Crippen MR) is 86.7 cm³/mol. The fourth-order valence-electron chi connectivity index (χ4n) is 2.46. The molecule has 0 spiro atoms. The Morgan fingerprint density at radius 1 is 1.24 bits per heavy atom. The van der Waals surface area contributed by atoms with E-state index in [4.69, 9.17) is 0 Å². The molecular weight excluding hydrogens is 280 g/mol. The maximum absolute atomic E-state index is 12.1. The Morgan fingerprint density at radius 2 is 2.00 bits per heavy atom.